The van der Waals surface area contributed by atoms with Crippen molar-refractivity contribution in [2.24, 2.45) is 0 Å². The van der Waals surface area contributed by atoms with Crippen molar-refractivity contribution in [1.82, 2.24) is 14.9 Å². The summed E-state index contributed by atoms with van der Waals surface area (Å²) in [5, 5.41) is 11.6. The molecular weight excluding hydrogens is 390 g/mol. The third-order valence-corrected chi connectivity index (χ3v) is 4.96. The predicted molar refractivity (Wildman–Crippen MR) is 107 cm³/mol. The van der Waals surface area contributed by atoms with Crippen LogP contribution in [0.2, 0.25) is 0 Å². The molecule has 0 aromatic heterocycles. The first-order chi connectivity index (χ1) is 14.1. The van der Waals surface area contributed by atoms with Crippen molar-refractivity contribution in [2.75, 3.05) is 32.7 Å². The van der Waals surface area contributed by atoms with Crippen LogP contribution in [0.1, 0.15) is 37.6 Å². The molecule has 0 spiro atoms. The molecule has 1 N–H and O–H groups in total. The van der Waals surface area contributed by atoms with E-state index in [1.165, 1.54) is 9.96 Å². The van der Waals surface area contributed by atoms with E-state index in [1.807, 2.05) is 6.07 Å². The Labute approximate surface area is 176 Å². The van der Waals surface area contributed by atoms with Crippen LogP contribution in [0, 0.1) is 0 Å². The van der Waals surface area contributed by atoms with Crippen molar-refractivity contribution in [3.05, 3.63) is 35.9 Å². The number of ether oxygens (including phenoxy) is 1. The monoisotopic (exact) mass is 419 g/mol. The second-order valence-electron chi connectivity index (χ2n) is 8.54. The fraction of sp³-hybridized carbons (Fsp3) is 0.571. The molecule has 2 aliphatic rings. The summed E-state index contributed by atoms with van der Waals surface area (Å²) in [7, 11) is 0. The van der Waals surface area contributed by atoms with E-state index in [4.69, 9.17) is 9.57 Å². The maximum Gasteiger partial charge on any atom is 0.411 e. The quantitative estimate of drug-likeness (QED) is 0.788. The molecule has 0 radical (unpaired) electrons. The van der Waals surface area contributed by atoms with E-state index in [-0.39, 0.29) is 18.9 Å². The van der Waals surface area contributed by atoms with Crippen molar-refractivity contribution >= 4 is 18.0 Å². The highest BCUT2D eigenvalue weighted by molar-refractivity contribution is 5.89. The molecule has 2 fully saturated rings. The lowest BCUT2D eigenvalue weighted by molar-refractivity contribution is -0.152. The number of carbonyl (C=O) groups is 3. The summed E-state index contributed by atoms with van der Waals surface area (Å²) in [4.78, 5) is 46.0. The number of likely N-dealkylation sites (tertiary alicyclic amines) is 1. The number of hydrogen-bond donors (Lipinski definition) is 1. The number of amides is 2. The van der Waals surface area contributed by atoms with Gasteiger partial charge in [-0.15, -0.1) is 5.06 Å². The van der Waals surface area contributed by atoms with Gasteiger partial charge in [-0.2, -0.15) is 0 Å². The summed E-state index contributed by atoms with van der Waals surface area (Å²) in [6, 6.07) is 7.95. The van der Waals surface area contributed by atoms with Crippen LogP contribution >= 0.6 is 0 Å². The second kappa shape index (κ2) is 9.01. The van der Waals surface area contributed by atoms with E-state index in [0.29, 0.717) is 31.7 Å². The van der Waals surface area contributed by atoms with Crippen molar-refractivity contribution in [2.45, 2.75) is 44.9 Å². The number of hydrogen-bond acceptors (Lipinski definition) is 7. The van der Waals surface area contributed by atoms with Crippen LogP contribution in [0.4, 0.5) is 4.79 Å². The number of β-amino-alcohol motifs (C(OH)–C–C–N with tert-alkyl or cyclic N) is 1. The van der Waals surface area contributed by atoms with Crippen LogP contribution in [-0.2, 0) is 14.4 Å². The molecule has 0 saturated carbocycles. The van der Waals surface area contributed by atoms with Gasteiger partial charge in [0.15, 0.2) is 0 Å². The van der Waals surface area contributed by atoms with Gasteiger partial charge in [0.1, 0.15) is 11.6 Å². The number of aliphatic hydroxyl groups excluding tert-OH is 1. The van der Waals surface area contributed by atoms with Gasteiger partial charge < -0.3 is 19.6 Å². The molecule has 30 heavy (non-hydrogen) atoms. The molecular formula is C21H29N3O6. The topological polar surface area (TPSA) is 99.6 Å². The van der Waals surface area contributed by atoms with Crippen LogP contribution in [-0.4, -0.2) is 88.4 Å². The van der Waals surface area contributed by atoms with Gasteiger partial charge in [-0.1, -0.05) is 18.2 Å². The fourth-order valence-electron chi connectivity index (χ4n) is 3.52. The first-order valence-electron chi connectivity index (χ1n) is 10.1. The van der Waals surface area contributed by atoms with Crippen LogP contribution in [0.5, 0.6) is 0 Å². The molecule has 164 valence electrons. The van der Waals surface area contributed by atoms with E-state index in [1.54, 1.807) is 49.9 Å². The zero-order valence-corrected chi connectivity index (χ0v) is 17.6. The van der Waals surface area contributed by atoms with Crippen LogP contribution in [0.15, 0.2) is 30.3 Å². The predicted octanol–water partition coefficient (Wildman–Crippen LogP) is 1.27. The molecule has 3 rings (SSSR count). The number of hydroxylamine groups is 2. The highest BCUT2D eigenvalue weighted by Crippen LogP contribution is 2.23. The van der Waals surface area contributed by atoms with E-state index < -0.39 is 29.8 Å². The maximum atomic E-state index is 13.0. The zero-order chi connectivity index (χ0) is 21.9. The molecule has 2 saturated heterocycles. The van der Waals surface area contributed by atoms with Crippen molar-refractivity contribution in [1.29, 1.82) is 0 Å². The van der Waals surface area contributed by atoms with Gasteiger partial charge in [0.2, 0.25) is 5.91 Å². The number of aliphatic hydroxyl groups is 1. The number of benzene rings is 1. The van der Waals surface area contributed by atoms with Crippen molar-refractivity contribution in [3.63, 3.8) is 0 Å². The van der Waals surface area contributed by atoms with Gasteiger partial charge in [0.25, 0.3) is 0 Å². The number of piperazine rings is 1. The summed E-state index contributed by atoms with van der Waals surface area (Å²) < 4.78 is 5.38. The Morgan fingerprint density at radius 3 is 2.27 bits per heavy atom. The molecule has 2 heterocycles. The van der Waals surface area contributed by atoms with E-state index in [0.717, 1.165) is 0 Å². The fourth-order valence-corrected chi connectivity index (χ4v) is 3.52. The van der Waals surface area contributed by atoms with E-state index in [9.17, 15) is 19.5 Å². The van der Waals surface area contributed by atoms with E-state index in [2.05, 4.69) is 0 Å². The van der Waals surface area contributed by atoms with Gasteiger partial charge in [-0.3, -0.25) is 9.69 Å². The number of carbonyl (C=O) groups excluding carboxylic acids is 3. The Bertz CT molecular complexity index is 771. The molecule has 1 aromatic carbocycles. The van der Waals surface area contributed by atoms with Crippen LogP contribution < -0.4 is 0 Å². The molecule has 0 bridgehead atoms. The third kappa shape index (κ3) is 5.48. The molecule has 0 aliphatic carbocycles. The molecule has 9 nitrogen and oxygen atoms in total. The summed E-state index contributed by atoms with van der Waals surface area (Å²) in [6.07, 6.45) is -1.19. The summed E-state index contributed by atoms with van der Waals surface area (Å²) >= 11 is 0. The minimum Gasteiger partial charge on any atom is -0.444 e. The average molecular weight is 419 g/mol. The normalized spacial score (nSPS) is 22.7. The zero-order valence-electron chi connectivity index (χ0n) is 17.6. The maximum absolute atomic E-state index is 13.0. The molecule has 1 aromatic rings. The van der Waals surface area contributed by atoms with Gasteiger partial charge in [0, 0.05) is 19.5 Å². The summed E-state index contributed by atoms with van der Waals surface area (Å²) in [6.45, 7) is 6.78. The van der Waals surface area contributed by atoms with Crippen LogP contribution in [0.3, 0.4) is 0 Å². The van der Waals surface area contributed by atoms with Gasteiger partial charge >= 0.3 is 12.1 Å². The lowest BCUT2D eigenvalue weighted by Gasteiger charge is -2.36. The highest BCUT2D eigenvalue weighted by Gasteiger charge is 2.43. The minimum atomic E-state index is -0.764. The smallest absolute Gasteiger partial charge is 0.411 e. The highest BCUT2D eigenvalue weighted by atomic mass is 16.7. The Morgan fingerprint density at radius 2 is 1.67 bits per heavy atom. The first kappa shape index (κ1) is 22.0. The average Bonchev–Trinajstić information content (AvgIpc) is 3.09. The molecule has 2 atom stereocenters. The summed E-state index contributed by atoms with van der Waals surface area (Å²) in [5.41, 5.74) is -0.226. The van der Waals surface area contributed by atoms with Crippen LogP contribution in [0.25, 0.3) is 0 Å². The van der Waals surface area contributed by atoms with Gasteiger partial charge in [-0.25, -0.2) is 9.59 Å². The number of rotatable bonds is 3. The lowest BCUT2D eigenvalue weighted by atomic mass is 10.1. The Morgan fingerprint density at radius 1 is 1.03 bits per heavy atom. The third-order valence-electron chi connectivity index (χ3n) is 4.96. The number of nitrogens with zero attached hydrogens (tertiary/aromatic N) is 3. The Hall–Kier alpha value is -2.65. The SMILES string of the molecule is CC(C)(C)OC(=O)N1C[C@H](O)C[C@H]1C(=O)N1CCN(OC(=O)c2ccccc2)CC1. The summed E-state index contributed by atoms with van der Waals surface area (Å²) in [5.74, 6) is -0.670. The Balaban J connectivity index is 1.55. The van der Waals surface area contributed by atoms with Gasteiger partial charge in [0.05, 0.1) is 31.3 Å². The molecule has 2 aliphatic heterocycles. The lowest BCUT2D eigenvalue weighted by Crippen LogP contribution is -2.55. The molecule has 2 amide bonds. The largest absolute Gasteiger partial charge is 0.444 e. The van der Waals surface area contributed by atoms with Gasteiger partial charge in [-0.05, 0) is 32.9 Å². The Kier molecular flexibility index (Phi) is 6.62. The minimum absolute atomic E-state index is 0.0694. The van der Waals surface area contributed by atoms with E-state index >= 15 is 0 Å². The first-order valence-corrected chi connectivity index (χ1v) is 10.1. The van der Waals surface area contributed by atoms with Crippen molar-refractivity contribution in [3.8, 4) is 0 Å². The van der Waals surface area contributed by atoms with Crippen molar-refractivity contribution < 1.29 is 29.1 Å². The standard InChI is InChI=1S/C21H29N3O6/c1-21(2,3)29-20(28)24-14-16(25)13-17(24)18(26)22-9-11-23(12-10-22)30-19(27)15-7-5-4-6-8-15/h4-8,16-17,25H,9-14H2,1-3H3/t16-,17+/m1/s1. The molecule has 0 unspecified atom stereocenters. The second-order valence-corrected chi connectivity index (χ2v) is 8.54. The molecule has 9 heteroatoms.